The molecule has 6 nitrogen and oxygen atoms in total. The van der Waals surface area contributed by atoms with E-state index in [9.17, 15) is 24.1 Å². The second-order valence-electron chi connectivity index (χ2n) is 5.56. The van der Waals surface area contributed by atoms with Crippen molar-refractivity contribution in [3.8, 4) is 0 Å². The number of hydrogen-bond donors (Lipinski definition) is 0. The summed E-state index contributed by atoms with van der Waals surface area (Å²) in [6.45, 7) is 1.86. The maximum Gasteiger partial charge on any atom is 0.306 e. The zero-order chi connectivity index (χ0) is 16.0. The maximum atomic E-state index is 13.4. The highest BCUT2D eigenvalue weighted by Crippen LogP contribution is 2.41. The van der Waals surface area contributed by atoms with Gasteiger partial charge in [0.2, 0.25) is 17.6 Å². The smallest absolute Gasteiger partial charge is 0.274 e. The number of fused-ring (bicyclic) bond motifs is 1. The topological polar surface area (TPSA) is 80.5 Å². The van der Waals surface area contributed by atoms with Gasteiger partial charge in [0.05, 0.1) is 22.4 Å². The van der Waals surface area contributed by atoms with Gasteiger partial charge >= 0.3 is 5.69 Å². The molecule has 1 aromatic carbocycles. The number of allylic oxidation sites excluding steroid dienone is 2. The predicted octanol–water partition coefficient (Wildman–Crippen LogP) is 2.44. The van der Waals surface area contributed by atoms with Crippen LogP contribution >= 0.6 is 0 Å². The molecule has 0 aromatic heterocycles. The Labute approximate surface area is 125 Å². The van der Waals surface area contributed by atoms with Crippen molar-refractivity contribution >= 4 is 23.2 Å². The first-order valence-corrected chi connectivity index (χ1v) is 6.90. The fourth-order valence-corrected chi connectivity index (χ4v) is 3.18. The summed E-state index contributed by atoms with van der Waals surface area (Å²) in [5.41, 5.74) is -0.705. The van der Waals surface area contributed by atoms with E-state index in [-0.39, 0.29) is 23.4 Å². The Morgan fingerprint density at radius 2 is 2.05 bits per heavy atom. The van der Waals surface area contributed by atoms with Crippen LogP contribution < -0.4 is 4.90 Å². The number of benzene rings is 1. The number of anilines is 1. The van der Waals surface area contributed by atoms with Gasteiger partial charge in [0.25, 0.3) is 0 Å². The third kappa shape index (κ3) is 2.01. The Bertz CT molecular complexity index is 715. The highest BCUT2D eigenvalue weighted by Gasteiger charge is 2.50. The molecule has 0 bridgehead atoms. The average Bonchev–Trinajstić information content (AvgIpc) is 2.73. The van der Waals surface area contributed by atoms with Crippen molar-refractivity contribution in [2.24, 2.45) is 17.8 Å². The Morgan fingerprint density at radius 3 is 2.68 bits per heavy atom. The molecule has 0 saturated carbocycles. The maximum absolute atomic E-state index is 13.4. The van der Waals surface area contributed by atoms with Gasteiger partial charge in [0, 0.05) is 6.07 Å². The lowest BCUT2D eigenvalue weighted by Gasteiger charge is -2.22. The van der Waals surface area contributed by atoms with Crippen molar-refractivity contribution in [2.75, 3.05) is 4.90 Å². The zero-order valence-corrected chi connectivity index (χ0v) is 11.7. The summed E-state index contributed by atoms with van der Waals surface area (Å²) in [6.07, 6.45) is 4.23. The number of carbonyl (C=O) groups excluding carboxylic acids is 2. The monoisotopic (exact) mass is 304 g/mol. The predicted molar refractivity (Wildman–Crippen MR) is 75.4 cm³/mol. The van der Waals surface area contributed by atoms with Crippen LogP contribution in [0, 0.1) is 33.7 Å². The number of hydrogen-bond acceptors (Lipinski definition) is 4. The summed E-state index contributed by atoms with van der Waals surface area (Å²) in [5.74, 6) is -2.74. The fraction of sp³-hybridized carbons (Fsp3) is 0.333. The van der Waals surface area contributed by atoms with Crippen LogP contribution in [0.15, 0.2) is 30.4 Å². The first-order chi connectivity index (χ1) is 10.4. The molecule has 2 aliphatic rings. The SMILES string of the molecule is C[C@@H]1C=CC[C@H]2C(=O)N(c3ccc(F)c([N+](=O)[O-])c3)C(=O)[C@H]12. The number of amides is 2. The van der Waals surface area contributed by atoms with Crippen LogP contribution in [-0.2, 0) is 9.59 Å². The number of halogens is 1. The molecule has 2 amide bonds. The minimum absolute atomic E-state index is 0.0460. The van der Waals surface area contributed by atoms with E-state index in [4.69, 9.17) is 0 Å². The summed E-state index contributed by atoms with van der Waals surface area (Å²) < 4.78 is 13.4. The third-order valence-electron chi connectivity index (χ3n) is 4.26. The largest absolute Gasteiger partial charge is 0.306 e. The van der Waals surface area contributed by atoms with E-state index in [2.05, 4.69) is 0 Å². The van der Waals surface area contributed by atoms with Gasteiger partial charge in [-0.15, -0.1) is 0 Å². The molecule has 7 heteroatoms. The van der Waals surface area contributed by atoms with Crippen molar-refractivity contribution in [1.29, 1.82) is 0 Å². The second kappa shape index (κ2) is 5.01. The van der Waals surface area contributed by atoms with Crippen LogP contribution in [0.1, 0.15) is 13.3 Å². The Kier molecular flexibility index (Phi) is 3.27. The summed E-state index contributed by atoms with van der Waals surface area (Å²) in [7, 11) is 0. The normalized spacial score (nSPS) is 27.2. The average molecular weight is 304 g/mol. The highest BCUT2D eigenvalue weighted by molar-refractivity contribution is 6.22. The van der Waals surface area contributed by atoms with E-state index < -0.39 is 28.3 Å². The van der Waals surface area contributed by atoms with E-state index in [0.29, 0.717) is 6.42 Å². The molecule has 0 radical (unpaired) electrons. The van der Waals surface area contributed by atoms with Gasteiger partial charge in [-0.2, -0.15) is 4.39 Å². The number of carbonyl (C=O) groups is 2. The van der Waals surface area contributed by atoms with Crippen molar-refractivity contribution in [3.63, 3.8) is 0 Å². The van der Waals surface area contributed by atoms with E-state index in [1.807, 2.05) is 19.1 Å². The van der Waals surface area contributed by atoms with Crippen LogP contribution in [0.25, 0.3) is 0 Å². The van der Waals surface area contributed by atoms with Crippen LogP contribution in [0.3, 0.4) is 0 Å². The number of nitrogens with zero attached hydrogens (tertiary/aromatic N) is 2. The molecule has 1 heterocycles. The minimum Gasteiger partial charge on any atom is -0.274 e. The summed E-state index contributed by atoms with van der Waals surface area (Å²) in [6, 6.07) is 3.05. The van der Waals surface area contributed by atoms with Crippen LogP contribution in [0.2, 0.25) is 0 Å². The molecule has 1 saturated heterocycles. The van der Waals surface area contributed by atoms with Crippen LogP contribution in [0.4, 0.5) is 15.8 Å². The quantitative estimate of drug-likeness (QED) is 0.364. The van der Waals surface area contributed by atoms with E-state index in [1.54, 1.807) is 0 Å². The van der Waals surface area contributed by atoms with Gasteiger partial charge in [-0.05, 0) is 24.5 Å². The summed E-state index contributed by atoms with van der Waals surface area (Å²) in [4.78, 5) is 35.9. The van der Waals surface area contributed by atoms with Crippen molar-refractivity contribution < 1.29 is 18.9 Å². The lowest BCUT2D eigenvalue weighted by Crippen LogP contribution is -2.31. The van der Waals surface area contributed by atoms with Crippen molar-refractivity contribution in [1.82, 2.24) is 0 Å². The second-order valence-corrected chi connectivity index (χ2v) is 5.56. The first-order valence-electron chi connectivity index (χ1n) is 6.90. The molecule has 1 aliphatic carbocycles. The molecule has 0 spiro atoms. The molecule has 114 valence electrons. The van der Waals surface area contributed by atoms with Gasteiger partial charge in [0.1, 0.15) is 0 Å². The molecular weight excluding hydrogens is 291 g/mol. The van der Waals surface area contributed by atoms with Crippen LogP contribution in [0.5, 0.6) is 0 Å². The van der Waals surface area contributed by atoms with E-state index in [1.165, 1.54) is 6.07 Å². The lowest BCUT2D eigenvalue weighted by atomic mass is 9.78. The van der Waals surface area contributed by atoms with Gasteiger partial charge < -0.3 is 0 Å². The fourth-order valence-electron chi connectivity index (χ4n) is 3.18. The third-order valence-corrected chi connectivity index (χ3v) is 4.26. The number of nitro groups is 1. The Hall–Kier alpha value is -2.57. The zero-order valence-electron chi connectivity index (χ0n) is 11.7. The standard InChI is InChI=1S/C15H13FN2O4/c1-8-3-2-4-10-13(8)15(20)17(14(10)19)9-5-6-11(16)12(7-9)18(21)22/h2-3,5-8,10,13H,4H2,1H3/t8-,10-,13-/m1/s1. The Balaban J connectivity index is 2.03. The molecule has 3 atom stereocenters. The Morgan fingerprint density at radius 1 is 1.32 bits per heavy atom. The molecule has 3 rings (SSSR count). The molecule has 0 unspecified atom stereocenters. The van der Waals surface area contributed by atoms with Crippen molar-refractivity contribution in [3.05, 3.63) is 46.3 Å². The summed E-state index contributed by atoms with van der Waals surface area (Å²) >= 11 is 0. The lowest BCUT2D eigenvalue weighted by molar-refractivity contribution is -0.387. The number of rotatable bonds is 2. The summed E-state index contributed by atoms with van der Waals surface area (Å²) in [5, 5.41) is 10.8. The minimum atomic E-state index is -1.000. The molecule has 1 aliphatic heterocycles. The molecular formula is C15H13FN2O4. The van der Waals surface area contributed by atoms with Gasteiger partial charge in [-0.25, -0.2) is 4.90 Å². The van der Waals surface area contributed by atoms with Crippen LogP contribution in [-0.4, -0.2) is 16.7 Å². The van der Waals surface area contributed by atoms with Gasteiger partial charge in [-0.1, -0.05) is 19.1 Å². The first kappa shape index (κ1) is 14.4. The van der Waals surface area contributed by atoms with Gasteiger partial charge in [-0.3, -0.25) is 19.7 Å². The van der Waals surface area contributed by atoms with Crippen molar-refractivity contribution in [2.45, 2.75) is 13.3 Å². The number of nitro benzene ring substituents is 1. The van der Waals surface area contributed by atoms with Gasteiger partial charge in [0.15, 0.2) is 0 Å². The van der Waals surface area contributed by atoms with E-state index >= 15 is 0 Å². The molecule has 0 N–H and O–H groups in total. The molecule has 1 aromatic rings. The highest BCUT2D eigenvalue weighted by atomic mass is 19.1. The molecule has 1 fully saturated rings. The molecule has 22 heavy (non-hydrogen) atoms. The van der Waals surface area contributed by atoms with E-state index in [0.717, 1.165) is 17.0 Å². The number of imide groups is 1.